The van der Waals surface area contributed by atoms with Crippen LogP contribution in [0.1, 0.15) is 44.6 Å². The van der Waals surface area contributed by atoms with E-state index < -0.39 is 9.84 Å². The molecule has 4 heterocycles. The summed E-state index contributed by atoms with van der Waals surface area (Å²) in [5.41, 5.74) is 10.7. The number of unbranched alkanes of at least 4 members (excludes halogenated alkanes) is 1. The molecule has 3 aliphatic heterocycles. The van der Waals surface area contributed by atoms with E-state index in [4.69, 9.17) is 5.73 Å². The minimum Gasteiger partial charge on any atom is -0.365 e. The predicted molar refractivity (Wildman–Crippen MR) is 148 cm³/mol. The zero-order chi connectivity index (χ0) is 26.0. The van der Waals surface area contributed by atoms with E-state index >= 15 is 0 Å². The van der Waals surface area contributed by atoms with Crippen LogP contribution in [0.15, 0.2) is 47.9 Å². The van der Waals surface area contributed by atoms with Gasteiger partial charge in [0.05, 0.1) is 22.2 Å². The minimum absolute atomic E-state index is 0.116. The molecule has 5 N–H and O–H groups in total. The highest BCUT2D eigenvalue weighted by Crippen LogP contribution is 2.31. The SMILES string of the molecule is CCCCn1cc(CCN)c2ccc(N3C=C4C=C(CCS(=O)(=O)C5CCNCC5)NC4NC3=O)cc21. The standard InChI is InChI=1S/C27H38N6O3S/c1-2-3-13-32-17-19(6-10-28)24-5-4-22(16-25(24)32)33-18-20-15-21(30-26(20)31-27(33)34)9-14-37(35,36)23-7-11-29-12-8-23/h4-5,15-18,23,26,29-30H,2-3,6-14,28H2,1H3,(H,31,34). The van der Waals surface area contributed by atoms with Gasteiger partial charge in [-0.1, -0.05) is 19.4 Å². The van der Waals surface area contributed by atoms with Crippen molar-refractivity contribution in [3.63, 3.8) is 0 Å². The van der Waals surface area contributed by atoms with Crippen molar-refractivity contribution in [1.82, 2.24) is 20.5 Å². The molecule has 1 unspecified atom stereocenters. The molecule has 5 rings (SSSR count). The third-order valence-corrected chi connectivity index (χ3v) is 9.87. The average Bonchev–Trinajstić information content (AvgIpc) is 3.46. The highest BCUT2D eigenvalue weighted by atomic mass is 32.2. The summed E-state index contributed by atoms with van der Waals surface area (Å²) >= 11 is 0. The van der Waals surface area contributed by atoms with Gasteiger partial charge in [-0.25, -0.2) is 13.2 Å². The number of carbonyl (C=O) groups is 1. The van der Waals surface area contributed by atoms with Crippen LogP contribution >= 0.6 is 0 Å². The van der Waals surface area contributed by atoms with Gasteiger partial charge < -0.3 is 26.3 Å². The van der Waals surface area contributed by atoms with Crippen LogP contribution in [0.5, 0.6) is 0 Å². The second-order valence-corrected chi connectivity index (χ2v) is 12.6. The lowest BCUT2D eigenvalue weighted by Gasteiger charge is -2.29. The number of aromatic nitrogens is 1. The smallest absolute Gasteiger partial charge is 0.327 e. The van der Waals surface area contributed by atoms with Crippen LogP contribution in [-0.2, 0) is 22.8 Å². The summed E-state index contributed by atoms with van der Waals surface area (Å²) in [6.45, 7) is 5.21. The molecule has 3 aliphatic rings. The normalized spacial score (nSPS) is 20.4. The van der Waals surface area contributed by atoms with Gasteiger partial charge in [0.2, 0.25) is 0 Å². The molecule has 0 spiro atoms. The van der Waals surface area contributed by atoms with Gasteiger partial charge in [-0.05, 0) is 69.1 Å². The molecule has 9 nitrogen and oxygen atoms in total. The summed E-state index contributed by atoms with van der Waals surface area (Å²) in [6.07, 6.45) is 10.4. The first-order chi connectivity index (χ1) is 17.9. The van der Waals surface area contributed by atoms with Crippen LogP contribution in [0.3, 0.4) is 0 Å². The number of amides is 2. The van der Waals surface area contributed by atoms with Gasteiger partial charge in [0.15, 0.2) is 9.84 Å². The number of carbonyl (C=O) groups excluding carboxylic acids is 1. The number of rotatable bonds is 10. The fourth-order valence-corrected chi connectivity index (χ4v) is 7.30. The molecule has 2 aromatic rings. The summed E-state index contributed by atoms with van der Waals surface area (Å²) in [7, 11) is -3.15. The Morgan fingerprint density at radius 2 is 1.95 bits per heavy atom. The molecular formula is C27H38N6O3S. The van der Waals surface area contributed by atoms with Gasteiger partial charge in [0.1, 0.15) is 6.17 Å². The number of anilines is 1. The molecule has 1 aromatic heterocycles. The number of nitrogens with one attached hydrogen (secondary N) is 3. The van der Waals surface area contributed by atoms with Gasteiger partial charge in [0, 0.05) is 42.0 Å². The van der Waals surface area contributed by atoms with Crippen LogP contribution < -0.4 is 26.6 Å². The Bertz CT molecular complexity index is 1320. The highest BCUT2D eigenvalue weighted by molar-refractivity contribution is 7.92. The summed E-state index contributed by atoms with van der Waals surface area (Å²) in [6, 6.07) is 5.91. The maximum atomic E-state index is 13.1. The maximum Gasteiger partial charge on any atom is 0.327 e. The van der Waals surface area contributed by atoms with Crippen molar-refractivity contribution in [3.05, 3.63) is 53.5 Å². The van der Waals surface area contributed by atoms with E-state index in [2.05, 4.69) is 45.8 Å². The second kappa shape index (κ2) is 10.9. The summed E-state index contributed by atoms with van der Waals surface area (Å²) in [4.78, 5) is 14.7. The predicted octanol–water partition coefficient (Wildman–Crippen LogP) is 2.73. The number of aryl methyl sites for hydroxylation is 1. The first-order valence-corrected chi connectivity index (χ1v) is 15.1. The molecule has 0 aliphatic carbocycles. The van der Waals surface area contributed by atoms with E-state index in [9.17, 15) is 13.2 Å². The Labute approximate surface area is 219 Å². The molecule has 2 amide bonds. The zero-order valence-corrected chi connectivity index (χ0v) is 22.3. The number of fused-ring (bicyclic) bond motifs is 2. The van der Waals surface area contributed by atoms with Crippen molar-refractivity contribution in [3.8, 4) is 0 Å². The molecule has 1 fully saturated rings. The lowest BCUT2D eigenvalue weighted by atomic mass is 10.1. The average molecular weight is 527 g/mol. The zero-order valence-electron chi connectivity index (χ0n) is 21.5. The third-order valence-electron chi connectivity index (χ3n) is 7.61. The third kappa shape index (κ3) is 5.42. The minimum atomic E-state index is -3.15. The number of nitrogens with two attached hydrogens (primary N) is 1. The molecule has 0 radical (unpaired) electrons. The number of hydrogen-bond acceptors (Lipinski definition) is 6. The number of hydrogen-bond donors (Lipinski definition) is 4. The van der Waals surface area contributed by atoms with Gasteiger partial charge in [-0.15, -0.1) is 0 Å². The van der Waals surface area contributed by atoms with E-state index in [-0.39, 0.29) is 23.2 Å². The monoisotopic (exact) mass is 526 g/mol. The Balaban J connectivity index is 1.35. The fraction of sp³-hybridized carbons (Fsp3) is 0.519. The van der Waals surface area contributed by atoms with Crippen molar-refractivity contribution in [2.75, 3.05) is 30.3 Å². The van der Waals surface area contributed by atoms with Crippen LogP contribution in [0.25, 0.3) is 10.9 Å². The van der Waals surface area contributed by atoms with Crippen LogP contribution in [-0.4, -0.2) is 55.8 Å². The van der Waals surface area contributed by atoms with Gasteiger partial charge in [-0.2, -0.15) is 0 Å². The molecule has 10 heteroatoms. The molecule has 1 aromatic carbocycles. The van der Waals surface area contributed by atoms with Crippen molar-refractivity contribution in [1.29, 1.82) is 0 Å². The highest BCUT2D eigenvalue weighted by Gasteiger charge is 2.32. The van der Waals surface area contributed by atoms with E-state index in [1.807, 2.05) is 18.3 Å². The second-order valence-electron chi connectivity index (χ2n) is 10.2. The quantitative estimate of drug-likeness (QED) is 0.378. The molecule has 0 saturated carbocycles. The number of benzene rings is 1. The topological polar surface area (TPSA) is 121 Å². The number of piperidine rings is 1. The van der Waals surface area contributed by atoms with Crippen LogP contribution in [0.4, 0.5) is 10.5 Å². The van der Waals surface area contributed by atoms with Gasteiger partial charge in [0.25, 0.3) is 0 Å². The Morgan fingerprint density at radius 1 is 1.14 bits per heavy atom. The molecule has 1 atom stereocenters. The summed E-state index contributed by atoms with van der Waals surface area (Å²) < 4.78 is 27.9. The molecule has 0 bridgehead atoms. The molecular weight excluding hydrogens is 488 g/mol. The van der Waals surface area contributed by atoms with Crippen LogP contribution in [0.2, 0.25) is 0 Å². The summed E-state index contributed by atoms with van der Waals surface area (Å²) in [5, 5.41) is 10.4. The lowest BCUT2D eigenvalue weighted by molar-refractivity contribution is 0.243. The van der Waals surface area contributed by atoms with E-state index in [1.54, 1.807) is 4.90 Å². The Morgan fingerprint density at radius 3 is 2.70 bits per heavy atom. The van der Waals surface area contributed by atoms with Crippen LogP contribution in [0, 0.1) is 0 Å². The largest absolute Gasteiger partial charge is 0.365 e. The Kier molecular flexibility index (Phi) is 7.60. The first-order valence-electron chi connectivity index (χ1n) is 13.4. The lowest BCUT2D eigenvalue weighted by Crippen LogP contribution is -2.51. The van der Waals surface area contributed by atoms with Crippen molar-refractivity contribution >= 4 is 32.5 Å². The number of sulfone groups is 1. The molecule has 200 valence electrons. The molecule has 1 saturated heterocycles. The molecule has 37 heavy (non-hydrogen) atoms. The van der Waals surface area contributed by atoms with Crippen molar-refractivity contribution < 1.29 is 13.2 Å². The number of nitrogens with zero attached hydrogens (tertiary/aromatic N) is 2. The van der Waals surface area contributed by atoms with Crippen molar-refractivity contribution in [2.45, 2.75) is 63.4 Å². The van der Waals surface area contributed by atoms with Gasteiger partial charge in [-0.3, -0.25) is 4.90 Å². The van der Waals surface area contributed by atoms with Crippen molar-refractivity contribution in [2.24, 2.45) is 5.73 Å². The Hall–Kier alpha value is -2.82. The summed E-state index contributed by atoms with van der Waals surface area (Å²) in [5.74, 6) is 0.116. The maximum absolute atomic E-state index is 13.1. The number of allylic oxidation sites excluding steroid dienone is 1. The number of urea groups is 1. The van der Waals surface area contributed by atoms with Gasteiger partial charge >= 0.3 is 6.03 Å². The van der Waals surface area contributed by atoms with E-state index in [1.165, 1.54) is 10.9 Å². The fourth-order valence-electron chi connectivity index (χ4n) is 5.51. The first kappa shape index (κ1) is 25.8. The van der Waals surface area contributed by atoms with E-state index in [0.29, 0.717) is 25.8 Å². The van der Waals surface area contributed by atoms with E-state index in [0.717, 1.165) is 61.4 Å².